The van der Waals surface area contributed by atoms with Gasteiger partial charge in [0.1, 0.15) is 12.4 Å². The molecule has 0 N–H and O–H groups in total. The van der Waals surface area contributed by atoms with E-state index in [0.29, 0.717) is 33.6 Å². The van der Waals surface area contributed by atoms with Crippen LogP contribution in [-0.4, -0.2) is 38.2 Å². The molecule has 9 heteroatoms. The second kappa shape index (κ2) is 11.1. The van der Waals surface area contributed by atoms with Crippen LogP contribution in [0.25, 0.3) is 6.08 Å². The number of aromatic nitrogens is 1. The minimum absolute atomic E-state index is 0.0245. The van der Waals surface area contributed by atoms with Gasteiger partial charge in [0, 0.05) is 30.0 Å². The van der Waals surface area contributed by atoms with Crippen LogP contribution in [0.15, 0.2) is 53.9 Å². The number of hydrogen-bond acceptors (Lipinski definition) is 8. The van der Waals surface area contributed by atoms with E-state index < -0.39 is 5.97 Å². The summed E-state index contributed by atoms with van der Waals surface area (Å²) in [7, 11) is 4.58. The molecule has 1 heterocycles. The number of rotatable bonds is 9. The first kappa shape index (κ1) is 23.8. The lowest BCUT2D eigenvalue weighted by atomic mass is 10.1. The minimum atomic E-state index is -0.548. The summed E-state index contributed by atoms with van der Waals surface area (Å²) in [5, 5.41) is 2.26. The molecule has 0 unspecified atom stereocenters. The summed E-state index contributed by atoms with van der Waals surface area (Å²) in [6.07, 6.45) is 2.87. The predicted molar refractivity (Wildman–Crippen MR) is 126 cm³/mol. The third-order valence-electron chi connectivity index (χ3n) is 4.56. The average molecular weight is 469 g/mol. The molecule has 8 nitrogen and oxygen atoms in total. The van der Waals surface area contributed by atoms with Gasteiger partial charge in [-0.1, -0.05) is 18.2 Å². The van der Waals surface area contributed by atoms with Crippen molar-refractivity contribution in [2.24, 2.45) is 0 Å². The van der Waals surface area contributed by atoms with Gasteiger partial charge in [0.25, 0.3) is 0 Å². The summed E-state index contributed by atoms with van der Waals surface area (Å²) in [4.78, 5) is 30.3. The number of amides is 1. The minimum Gasteiger partial charge on any atom is -0.496 e. The number of benzene rings is 2. The number of nitrogens with zero attached hydrogens (tertiary/aromatic N) is 2. The van der Waals surface area contributed by atoms with Crippen LogP contribution < -0.4 is 19.1 Å². The third kappa shape index (κ3) is 5.89. The zero-order valence-corrected chi connectivity index (χ0v) is 19.5. The van der Waals surface area contributed by atoms with Crippen molar-refractivity contribution in [3.05, 3.63) is 65.2 Å². The number of thiazole rings is 1. The molecule has 1 aromatic heterocycles. The molecule has 0 radical (unpaired) electrons. The van der Waals surface area contributed by atoms with Crippen LogP contribution in [0, 0.1) is 0 Å². The van der Waals surface area contributed by atoms with Crippen molar-refractivity contribution in [2.75, 3.05) is 26.2 Å². The van der Waals surface area contributed by atoms with Crippen molar-refractivity contribution in [3.63, 3.8) is 0 Å². The number of esters is 1. The van der Waals surface area contributed by atoms with E-state index in [9.17, 15) is 9.59 Å². The number of carbonyl (C=O) groups excluding carboxylic acids is 2. The van der Waals surface area contributed by atoms with Gasteiger partial charge >= 0.3 is 5.97 Å². The SMILES string of the molecule is COc1cc(OC)c(OC)cc1/C=C/C(=O)OCc1csc(N(C(C)=O)c2ccccc2)n1. The van der Waals surface area contributed by atoms with E-state index in [1.165, 1.54) is 50.6 Å². The second-order valence-electron chi connectivity index (χ2n) is 6.70. The zero-order valence-electron chi connectivity index (χ0n) is 18.7. The van der Waals surface area contributed by atoms with Crippen LogP contribution in [-0.2, 0) is 20.9 Å². The largest absolute Gasteiger partial charge is 0.496 e. The van der Waals surface area contributed by atoms with Crippen molar-refractivity contribution in [3.8, 4) is 17.2 Å². The van der Waals surface area contributed by atoms with E-state index in [0.717, 1.165) is 5.69 Å². The van der Waals surface area contributed by atoms with Gasteiger partial charge in [-0.3, -0.25) is 9.69 Å². The van der Waals surface area contributed by atoms with Gasteiger partial charge in [0.2, 0.25) is 5.91 Å². The van der Waals surface area contributed by atoms with Crippen LogP contribution in [0.1, 0.15) is 18.2 Å². The molecule has 172 valence electrons. The molecular formula is C24H24N2O6S. The molecule has 0 bridgehead atoms. The highest BCUT2D eigenvalue weighted by atomic mass is 32.1. The molecule has 0 saturated carbocycles. The molecule has 3 rings (SSSR count). The Bertz CT molecular complexity index is 1140. The zero-order chi connectivity index (χ0) is 23.8. The predicted octanol–water partition coefficient (Wildman–Crippen LogP) is 4.61. The molecule has 0 aliphatic heterocycles. The van der Waals surface area contributed by atoms with Gasteiger partial charge in [-0.15, -0.1) is 11.3 Å². The maximum Gasteiger partial charge on any atom is 0.331 e. The third-order valence-corrected chi connectivity index (χ3v) is 5.43. The van der Waals surface area contributed by atoms with Crippen LogP contribution in [0.2, 0.25) is 0 Å². The molecule has 0 aliphatic rings. The Kier molecular flexibility index (Phi) is 8.04. The monoisotopic (exact) mass is 468 g/mol. The molecule has 33 heavy (non-hydrogen) atoms. The van der Waals surface area contributed by atoms with Crippen molar-refractivity contribution >= 4 is 40.1 Å². The van der Waals surface area contributed by atoms with Crippen LogP contribution >= 0.6 is 11.3 Å². The Morgan fingerprint density at radius 1 is 1.00 bits per heavy atom. The van der Waals surface area contributed by atoms with Crippen molar-refractivity contribution in [2.45, 2.75) is 13.5 Å². The Labute approximate surface area is 196 Å². The molecule has 1 amide bonds. The normalized spacial score (nSPS) is 10.7. The summed E-state index contributed by atoms with van der Waals surface area (Å²) in [5.74, 6) is 0.836. The number of ether oxygens (including phenoxy) is 4. The number of hydrogen-bond donors (Lipinski definition) is 0. The fourth-order valence-electron chi connectivity index (χ4n) is 3.00. The highest BCUT2D eigenvalue weighted by molar-refractivity contribution is 7.14. The molecule has 0 fully saturated rings. The van der Waals surface area contributed by atoms with Gasteiger partial charge < -0.3 is 18.9 Å². The molecular weight excluding hydrogens is 444 g/mol. The number of carbonyl (C=O) groups is 2. The highest BCUT2D eigenvalue weighted by Gasteiger charge is 2.18. The van der Waals surface area contributed by atoms with Crippen molar-refractivity contribution in [1.82, 2.24) is 4.98 Å². The van der Waals surface area contributed by atoms with Gasteiger partial charge in [-0.25, -0.2) is 9.78 Å². The molecule has 0 atom stereocenters. The van der Waals surface area contributed by atoms with Crippen LogP contribution in [0.5, 0.6) is 17.2 Å². The summed E-state index contributed by atoms with van der Waals surface area (Å²) in [5.41, 5.74) is 1.89. The fraction of sp³-hybridized carbons (Fsp3) is 0.208. The first-order valence-electron chi connectivity index (χ1n) is 9.91. The van der Waals surface area contributed by atoms with E-state index in [4.69, 9.17) is 18.9 Å². The van der Waals surface area contributed by atoms with E-state index in [1.54, 1.807) is 23.6 Å². The van der Waals surface area contributed by atoms with Gasteiger partial charge in [-0.2, -0.15) is 0 Å². The number of para-hydroxylation sites is 1. The first-order chi connectivity index (χ1) is 16.0. The van der Waals surface area contributed by atoms with Gasteiger partial charge in [0.15, 0.2) is 16.6 Å². The second-order valence-corrected chi connectivity index (χ2v) is 7.54. The van der Waals surface area contributed by atoms with Crippen molar-refractivity contribution < 1.29 is 28.5 Å². The summed E-state index contributed by atoms with van der Waals surface area (Å²) in [6.45, 7) is 1.45. The Morgan fingerprint density at radius 2 is 1.67 bits per heavy atom. The topological polar surface area (TPSA) is 87.2 Å². The van der Waals surface area contributed by atoms with Crippen LogP contribution in [0.3, 0.4) is 0 Å². The Balaban J connectivity index is 1.67. The Morgan fingerprint density at radius 3 is 2.30 bits per heavy atom. The molecule has 3 aromatic rings. The lowest BCUT2D eigenvalue weighted by Crippen LogP contribution is -2.22. The first-order valence-corrected chi connectivity index (χ1v) is 10.8. The summed E-state index contributed by atoms with van der Waals surface area (Å²) >= 11 is 1.30. The molecule has 0 aliphatic carbocycles. The van der Waals surface area contributed by atoms with Crippen molar-refractivity contribution in [1.29, 1.82) is 0 Å². The number of methoxy groups -OCH3 is 3. The molecule has 0 spiro atoms. The lowest BCUT2D eigenvalue weighted by molar-refractivity contribution is -0.139. The maximum absolute atomic E-state index is 12.2. The fourth-order valence-corrected chi connectivity index (χ4v) is 3.87. The standard InChI is InChI=1S/C24H24N2O6S/c1-16(27)26(19-8-6-5-7-9-19)24-25-18(15-33-24)14-32-23(28)11-10-17-12-21(30-3)22(31-4)13-20(17)29-2/h5-13,15H,14H2,1-4H3/b11-10+. The van der Waals surface area contributed by atoms with E-state index in [1.807, 2.05) is 30.3 Å². The smallest absolute Gasteiger partial charge is 0.331 e. The Hall–Kier alpha value is -3.85. The van der Waals surface area contributed by atoms with E-state index in [-0.39, 0.29) is 12.5 Å². The summed E-state index contributed by atoms with van der Waals surface area (Å²) in [6, 6.07) is 12.6. The summed E-state index contributed by atoms with van der Waals surface area (Å²) < 4.78 is 21.2. The van der Waals surface area contributed by atoms with Crippen LogP contribution in [0.4, 0.5) is 10.8 Å². The van der Waals surface area contributed by atoms with Gasteiger partial charge in [0.05, 0.1) is 32.7 Å². The lowest BCUT2D eigenvalue weighted by Gasteiger charge is -2.17. The van der Waals surface area contributed by atoms with E-state index >= 15 is 0 Å². The van der Waals surface area contributed by atoms with Gasteiger partial charge in [-0.05, 0) is 24.3 Å². The quantitative estimate of drug-likeness (QED) is 0.335. The maximum atomic E-state index is 12.2. The molecule has 0 saturated heterocycles. The highest BCUT2D eigenvalue weighted by Crippen LogP contribution is 2.35. The van der Waals surface area contributed by atoms with E-state index in [2.05, 4.69) is 4.98 Å². The molecule has 2 aromatic carbocycles. The number of anilines is 2. The average Bonchev–Trinajstić information content (AvgIpc) is 3.29.